The fraction of sp³-hybridized carbons (Fsp3) is 0.188. The lowest BCUT2D eigenvalue weighted by atomic mass is 9.95. The highest BCUT2D eigenvalue weighted by Gasteiger charge is 2.47. The summed E-state index contributed by atoms with van der Waals surface area (Å²) in [6.07, 6.45) is 4.71. The third-order valence-corrected chi connectivity index (χ3v) is 7.53. The van der Waals surface area contributed by atoms with Gasteiger partial charge in [-0.2, -0.15) is 0 Å². The number of ether oxygens (including phenoxy) is 1. The number of furan rings is 1. The monoisotopic (exact) mass is 550 g/mol. The van der Waals surface area contributed by atoms with Crippen LogP contribution in [0.2, 0.25) is 0 Å². The van der Waals surface area contributed by atoms with E-state index in [1.807, 2.05) is 31.2 Å². The Kier molecular flexibility index (Phi) is 6.49. The molecule has 2 N–H and O–H groups in total. The third kappa shape index (κ3) is 4.69. The van der Waals surface area contributed by atoms with Crippen molar-refractivity contribution in [1.29, 1.82) is 0 Å². The van der Waals surface area contributed by atoms with Gasteiger partial charge in [0.25, 0.3) is 11.8 Å². The Morgan fingerprint density at radius 1 is 1.00 bits per heavy atom. The lowest BCUT2D eigenvalue weighted by molar-refractivity contribution is 0.0925. The van der Waals surface area contributed by atoms with Crippen LogP contribution in [0.3, 0.4) is 0 Å². The lowest BCUT2D eigenvalue weighted by Crippen LogP contribution is -2.35. The molecule has 41 heavy (non-hydrogen) atoms. The molecule has 1 aliphatic rings. The van der Waals surface area contributed by atoms with Crippen LogP contribution in [-0.2, 0) is 5.54 Å². The van der Waals surface area contributed by atoms with E-state index in [4.69, 9.17) is 9.15 Å². The number of carbonyl (C=O) groups is 2. The molecule has 2 amide bonds. The molecule has 1 aliphatic carbocycles. The number of aromatic nitrogens is 2. The molecule has 0 unspecified atom stereocenters. The number of nitrogens with zero attached hydrogens (tertiary/aromatic N) is 2. The van der Waals surface area contributed by atoms with Crippen LogP contribution in [0, 0.1) is 12.7 Å². The van der Waals surface area contributed by atoms with Crippen molar-refractivity contribution in [3.8, 4) is 28.2 Å². The molecule has 2 aromatic heterocycles. The van der Waals surface area contributed by atoms with E-state index in [1.165, 1.54) is 25.6 Å². The van der Waals surface area contributed by atoms with Gasteiger partial charge in [-0.25, -0.2) is 14.4 Å². The second kappa shape index (κ2) is 10.2. The van der Waals surface area contributed by atoms with Crippen LogP contribution in [0.25, 0.3) is 33.4 Å². The van der Waals surface area contributed by atoms with Crippen LogP contribution >= 0.6 is 0 Å². The van der Waals surface area contributed by atoms with E-state index in [0.29, 0.717) is 39.2 Å². The van der Waals surface area contributed by atoms with Gasteiger partial charge in [0.2, 0.25) is 0 Å². The summed E-state index contributed by atoms with van der Waals surface area (Å²) in [7, 11) is 3.08. The number of halogens is 1. The maximum absolute atomic E-state index is 13.6. The first kappa shape index (κ1) is 26.2. The quantitative estimate of drug-likeness (QED) is 0.266. The van der Waals surface area contributed by atoms with Crippen molar-refractivity contribution in [2.75, 3.05) is 14.2 Å². The number of aryl methyl sites for hydroxylation is 1. The molecule has 9 heteroatoms. The molecular formula is C32H27FN4O4. The van der Waals surface area contributed by atoms with Gasteiger partial charge in [0.15, 0.2) is 0 Å². The van der Waals surface area contributed by atoms with Crippen LogP contribution < -0.4 is 15.4 Å². The van der Waals surface area contributed by atoms with Crippen molar-refractivity contribution in [2.45, 2.75) is 25.3 Å². The van der Waals surface area contributed by atoms with E-state index in [1.54, 1.807) is 37.5 Å². The van der Waals surface area contributed by atoms with Gasteiger partial charge in [0.05, 0.1) is 29.5 Å². The second-order valence-corrected chi connectivity index (χ2v) is 10.1. The summed E-state index contributed by atoms with van der Waals surface area (Å²) < 4.78 is 25.3. The lowest BCUT2D eigenvalue weighted by Gasteiger charge is -2.19. The first-order valence-electron chi connectivity index (χ1n) is 13.2. The number of hydrogen-bond acceptors (Lipinski definition) is 6. The second-order valence-electron chi connectivity index (χ2n) is 10.1. The molecule has 0 spiro atoms. The molecule has 0 saturated heterocycles. The molecule has 8 nitrogen and oxygen atoms in total. The van der Waals surface area contributed by atoms with Gasteiger partial charge >= 0.3 is 0 Å². The van der Waals surface area contributed by atoms with Crippen molar-refractivity contribution in [2.24, 2.45) is 0 Å². The van der Waals surface area contributed by atoms with Gasteiger partial charge in [-0.15, -0.1) is 0 Å². The molecular weight excluding hydrogens is 523 g/mol. The number of nitrogens with one attached hydrogen (secondary N) is 2. The Bertz CT molecular complexity index is 1790. The van der Waals surface area contributed by atoms with E-state index in [9.17, 15) is 14.0 Å². The summed E-state index contributed by atoms with van der Waals surface area (Å²) in [4.78, 5) is 35.0. The zero-order valence-corrected chi connectivity index (χ0v) is 22.7. The Morgan fingerprint density at radius 3 is 2.41 bits per heavy atom. The summed E-state index contributed by atoms with van der Waals surface area (Å²) in [6, 6.07) is 16.8. The maximum Gasteiger partial charge on any atom is 0.255 e. The predicted molar refractivity (Wildman–Crippen MR) is 152 cm³/mol. The minimum absolute atomic E-state index is 0.270. The highest BCUT2D eigenvalue weighted by molar-refractivity contribution is 6.12. The van der Waals surface area contributed by atoms with Crippen molar-refractivity contribution in [1.82, 2.24) is 20.6 Å². The zero-order chi connectivity index (χ0) is 28.7. The molecule has 0 atom stereocenters. The number of carbonyl (C=O) groups excluding carboxylic acids is 2. The number of benzene rings is 3. The van der Waals surface area contributed by atoms with E-state index in [2.05, 4.69) is 20.6 Å². The number of hydrogen-bond donors (Lipinski definition) is 2. The maximum atomic E-state index is 13.6. The topological polar surface area (TPSA) is 106 Å². The van der Waals surface area contributed by atoms with Crippen LogP contribution in [0.15, 0.2) is 77.6 Å². The Labute approximate surface area is 235 Å². The molecule has 0 aliphatic heterocycles. The first-order chi connectivity index (χ1) is 19.8. The summed E-state index contributed by atoms with van der Waals surface area (Å²) in [6.45, 7) is 1.94. The molecule has 2 heterocycles. The molecule has 0 bridgehead atoms. The minimum atomic E-state index is -0.523. The third-order valence-electron chi connectivity index (χ3n) is 7.53. The summed E-state index contributed by atoms with van der Waals surface area (Å²) in [5.41, 5.74) is 4.56. The van der Waals surface area contributed by atoms with Crippen LogP contribution in [0.5, 0.6) is 5.75 Å². The van der Waals surface area contributed by atoms with Gasteiger partial charge in [0, 0.05) is 24.2 Å². The molecule has 1 fully saturated rings. The molecule has 6 rings (SSSR count). The zero-order valence-electron chi connectivity index (χ0n) is 22.7. The van der Waals surface area contributed by atoms with Crippen molar-refractivity contribution < 1.29 is 23.1 Å². The van der Waals surface area contributed by atoms with Crippen LogP contribution in [0.1, 0.15) is 44.8 Å². The van der Waals surface area contributed by atoms with Gasteiger partial charge in [-0.3, -0.25) is 9.59 Å². The van der Waals surface area contributed by atoms with E-state index < -0.39 is 5.54 Å². The molecule has 206 valence electrons. The molecule has 1 saturated carbocycles. The normalized spacial score (nSPS) is 13.6. The van der Waals surface area contributed by atoms with E-state index >= 15 is 0 Å². The summed E-state index contributed by atoms with van der Waals surface area (Å²) in [5.74, 6) is -0.175. The van der Waals surface area contributed by atoms with Gasteiger partial charge in [-0.1, -0.05) is 6.07 Å². The first-order valence-corrected chi connectivity index (χ1v) is 13.2. The van der Waals surface area contributed by atoms with Gasteiger partial charge in [0.1, 0.15) is 29.2 Å². The van der Waals surface area contributed by atoms with Crippen molar-refractivity contribution in [3.63, 3.8) is 0 Å². The highest BCUT2D eigenvalue weighted by atomic mass is 19.1. The largest absolute Gasteiger partial charge is 0.496 e. The fourth-order valence-corrected chi connectivity index (χ4v) is 5.19. The number of amides is 2. The van der Waals surface area contributed by atoms with Crippen molar-refractivity contribution >= 4 is 22.8 Å². The van der Waals surface area contributed by atoms with E-state index in [0.717, 1.165) is 35.2 Å². The number of methoxy groups -OCH3 is 1. The summed E-state index contributed by atoms with van der Waals surface area (Å²) >= 11 is 0. The predicted octanol–water partition coefficient (Wildman–Crippen LogP) is 5.79. The average molecular weight is 551 g/mol. The molecule has 3 aromatic carbocycles. The van der Waals surface area contributed by atoms with Crippen LogP contribution in [-0.4, -0.2) is 35.9 Å². The Morgan fingerprint density at radius 2 is 1.76 bits per heavy atom. The SMILES string of the molecule is CNC(=O)c1c(-c2ccc(F)cc2)oc2ccc(-c3cc(C(=O)NC4(c5ccncn5)CC4)c(OC)cc3C)cc12. The Hall–Kier alpha value is -5.05. The molecule has 0 radical (unpaired) electrons. The standard InChI is InChI=1S/C32H27FN4O4/c1-18-14-26(40-3)24(30(38)37-32(11-12-32)27-10-13-35-17-36-27)16-22(18)20-6-9-25-23(15-20)28(31(39)34-2)29(41-25)19-4-7-21(33)8-5-19/h4-10,13-17H,11-12H2,1-3H3,(H,34,39)(H,37,38). The van der Waals surface area contributed by atoms with Crippen molar-refractivity contribution in [3.05, 3.63) is 101 Å². The van der Waals surface area contributed by atoms with Gasteiger partial charge < -0.3 is 19.8 Å². The molecule has 5 aromatic rings. The highest BCUT2D eigenvalue weighted by Crippen LogP contribution is 2.45. The number of rotatable bonds is 7. The minimum Gasteiger partial charge on any atom is -0.496 e. The Balaban J connectivity index is 1.43. The fourth-order valence-electron chi connectivity index (χ4n) is 5.19. The smallest absolute Gasteiger partial charge is 0.255 e. The average Bonchev–Trinajstić information content (AvgIpc) is 3.68. The summed E-state index contributed by atoms with van der Waals surface area (Å²) in [5, 5.41) is 6.44. The van der Waals surface area contributed by atoms with Crippen LogP contribution in [0.4, 0.5) is 4.39 Å². The van der Waals surface area contributed by atoms with Gasteiger partial charge in [-0.05, 0) is 91.1 Å². The number of fused-ring (bicyclic) bond motifs is 1. The van der Waals surface area contributed by atoms with E-state index in [-0.39, 0.29) is 17.6 Å².